The third-order valence-electron chi connectivity index (χ3n) is 20.3. The summed E-state index contributed by atoms with van der Waals surface area (Å²) in [5, 5.41) is 99.1. The highest BCUT2D eigenvalue weighted by atomic mass is 32.3. The molecule has 8 fully saturated rings. The molecule has 5 aliphatic heterocycles. The number of esters is 2. The van der Waals surface area contributed by atoms with Crippen LogP contribution in [-0.2, 0) is 76.3 Å². The van der Waals surface area contributed by atoms with E-state index in [1.807, 2.05) is 13.8 Å². The lowest BCUT2D eigenvalue weighted by Crippen LogP contribution is -2.66. The van der Waals surface area contributed by atoms with Crippen LogP contribution in [0.3, 0.4) is 0 Å². The van der Waals surface area contributed by atoms with Crippen molar-refractivity contribution < 1.29 is 125 Å². The normalized spacial score (nSPS) is 49.1. The molecule has 9 rings (SSSR count). The summed E-state index contributed by atoms with van der Waals surface area (Å²) in [6.07, 6.45) is -24.2. The molecule has 5 heterocycles. The first kappa shape index (κ1) is 64.1. The minimum Gasteiger partial charge on any atom is -0.462 e. The average Bonchev–Trinajstić information content (AvgIpc) is 1.51. The lowest BCUT2D eigenvalue weighted by molar-refractivity contribution is -0.385. The van der Waals surface area contributed by atoms with Gasteiger partial charge >= 0.3 is 22.3 Å². The second-order valence-corrected chi connectivity index (χ2v) is 26.7. The number of allylic oxidation sites excluding steroid dienone is 3. The highest BCUT2D eigenvalue weighted by Crippen LogP contribution is 2.77. The fourth-order valence-electron chi connectivity index (χ4n) is 16.4. The standard InChI is InChI=1S/C55H86O26S/c1-24(2)11-10-16-54(8)45-29(73-25(3)58)19-53(7)27-12-13-33-51(4,5)34(15-17-52(33,6)26(27)14-18-55(45,53)50(66)80-54)76-49-44(36(61)32(23-72-49)81-82(67,68)69)79-47-38(63)37(62)42(31(21-57)75-47)78-46-39(64)41(28(59)22-71-46)77-48-40(65)43(70-9)35(60)30(20-56)74-48/h12,26,28-49,56-57,59-65H,1,10-11,13-23H2,2-9H3,(H,67,68,69)/t26-,28-,29+,30-,31-,32-,33?,34?,35-,36+,37-,38-,39-,40-,41+,42-,43+,44-,45-,46+,47+,48+,49+,52-,53+,54+,55-/m1/s1. The Morgan fingerprint density at radius 3 is 2.02 bits per heavy atom. The number of aliphatic hydroxyl groups excluding tert-OH is 9. The number of carbonyl (C=O) groups is 2. The number of hydrogen-bond donors (Lipinski definition) is 10. The fourth-order valence-corrected chi connectivity index (χ4v) is 16.9. The van der Waals surface area contributed by atoms with Gasteiger partial charge in [0.1, 0.15) is 97.2 Å². The number of methoxy groups -OCH3 is 1. The Morgan fingerprint density at radius 1 is 0.744 bits per heavy atom. The Morgan fingerprint density at radius 2 is 1.38 bits per heavy atom. The van der Waals surface area contributed by atoms with Crippen LogP contribution in [0.4, 0.5) is 0 Å². The highest BCUT2D eigenvalue weighted by Gasteiger charge is 2.79. The molecule has 26 nitrogen and oxygen atoms in total. The number of hydrogen-bond acceptors (Lipinski definition) is 25. The van der Waals surface area contributed by atoms with Crippen LogP contribution in [0.2, 0.25) is 0 Å². The van der Waals surface area contributed by atoms with Gasteiger partial charge in [0, 0.05) is 19.4 Å². The topological polar surface area (TPSA) is 381 Å². The van der Waals surface area contributed by atoms with Crippen molar-refractivity contribution in [2.24, 2.45) is 39.4 Å². The average molecular weight is 1200 g/mol. The van der Waals surface area contributed by atoms with Crippen molar-refractivity contribution in [3.8, 4) is 0 Å². The zero-order valence-corrected chi connectivity index (χ0v) is 48.5. The maximum Gasteiger partial charge on any atom is 0.397 e. The van der Waals surface area contributed by atoms with Gasteiger partial charge in [-0.15, -0.1) is 6.58 Å². The van der Waals surface area contributed by atoms with Gasteiger partial charge in [0.25, 0.3) is 0 Å². The van der Waals surface area contributed by atoms with Gasteiger partial charge in [0.2, 0.25) is 0 Å². The van der Waals surface area contributed by atoms with Gasteiger partial charge in [-0.25, -0.2) is 4.18 Å². The molecule has 1 spiro atoms. The smallest absolute Gasteiger partial charge is 0.397 e. The molecule has 5 saturated heterocycles. The van der Waals surface area contributed by atoms with E-state index in [1.165, 1.54) is 19.6 Å². The van der Waals surface area contributed by atoms with E-state index < -0.39 is 187 Å². The Bertz CT molecular complexity index is 2460. The van der Waals surface area contributed by atoms with Crippen LogP contribution in [0.15, 0.2) is 23.8 Å². The summed E-state index contributed by atoms with van der Waals surface area (Å²) in [7, 11) is -4.01. The minimum atomic E-state index is -5.20. The monoisotopic (exact) mass is 1190 g/mol. The first-order chi connectivity index (χ1) is 38.4. The van der Waals surface area contributed by atoms with E-state index in [1.54, 1.807) is 0 Å². The van der Waals surface area contributed by atoms with Gasteiger partial charge in [-0.05, 0) is 94.3 Å². The Labute approximate surface area is 477 Å². The molecule has 4 aliphatic carbocycles. The van der Waals surface area contributed by atoms with Crippen LogP contribution < -0.4 is 0 Å². The Hall–Kier alpha value is -2.43. The van der Waals surface area contributed by atoms with Crippen molar-refractivity contribution in [3.05, 3.63) is 23.8 Å². The molecule has 82 heavy (non-hydrogen) atoms. The summed E-state index contributed by atoms with van der Waals surface area (Å²) in [5.74, 6) is -1.05. The van der Waals surface area contributed by atoms with Crippen molar-refractivity contribution in [1.29, 1.82) is 0 Å². The molecule has 0 aromatic heterocycles. The van der Waals surface area contributed by atoms with Crippen LogP contribution in [0.5, 0.6) is 0 Å². The molecule has 468 valence electrons. The first-order valence-electron chi connectivity index (χ1n) is 28.5. The molecular weight excluding hydrogens is 1110 g/mol. The van der Waals surface area contributed by atoms with Crippen molar-refractivity contribution in [2.75, 3.05) is 33.5 Å². The summed E-state index contributed by atoms with van der Waals surface area (Å²) < 4.78 is 104. The van der Waals surface area contributed by atoms with Crippen molar-refractivity contribution in [1.82, 2.24) is 0 Å². The van der Waals surface area contributed by atoms with Gasteiger partial charge in [-0.1, -0.05) is 44.9 Å². The van der Waals surface area contributed by atoms with Crippen LogP contribution in [0, 0.1) is 39.4 Å². The van der Waals surface area contributed by atoms with E-state index in [0.717, 1.165) is 18.4 Å². The molecule has 0 aromatic rings. The largest absolute Gasteiger partial charge is 0.462 e. The van der Waals surface area contributed by atoms with Crippen LogP contribution >= 0.6 is 0 Å². The Kier molecular flexibility index (Phi) is 18.7. The van der Waals surface area contributed by atoms with Gasteiger partial charge in [-0.3, -0.25) is 14.1 Å². The minimum absolute atomic E-state index is 0.0211. The van der Waals surface area contributed by atoms with Crippen LogP contribution in [-0.4, -0.2) is 233 Å². The zero-order valence-electron chi connectivity index (χ0n) is 47.7. The number of cyclic esters (lactones) is 1. The fraction of sp³-hybridized carbons (Fsp3) is 0.891. The van der Waals surface area contributed by atoms with Crippen LogP contribution in [0.25, 0.3) is 0 Å². The van der Waals surface area contributed by atoms with Crippen LogP contribution in [0.1, 0.15) is 106 Å². The molecule has 27 atom stereocenters. The Balaban J connectivity index is 0.916. The number of fused-ring (bicyclic) bond motifs is 4. The maximum atomic E-state index is 14.7. The quantitative estimate of drug-likeness (QED) is 0.0474. The number of ether oxygens (including phenoxy) is 11. The van der Waals surface area contributed by atoms with Gasteiger partial charge < -0.3 is 98.1 Å². The molecule has 0 bridgehead atoms. The summed E-state index contributed by atoms with van der Waals surface area (Å²) in [4.78, 5) is 27.4. The maximum absolute atomic E-state index is 14.7. The predicted octanol–water partition coefficient (Wildman–Crippen LogP) is -0.408. The molecule has 0 radical (unpaired) electrons. The van der Waals surface area contributed by atoms with Gasteiger partial charge in [-0.2, -0.15) is 8.42 Å². The summed E-state index contributed by atoms with van der Waals surface area (Å²) >= 11 is 0. The zero-order chi connectivity index (χ0) is 60.0. The van der Waals surface area contributed by atoms with Crippen molar-refractivity contribution in [3.63, 3.8) is 0 Å². The van der Waals surface area contributed by atoms with Gasteiger partial charge in [0.05, 0.1) is 43.9 Å². The molecule has 9 aliphatic rings. The molecule has 0 amide bonds. The molecule has 2 unspecified atom stereocenters. The van der Waals surface area contributed by atoms with E-state index in [9.17, 15) is 68.5 Å². The molecule has 0 aromatic carbocycles. The number of aliphatic hydroxyl groups is 9. The third-order valence-corrected chi connectivity index (χ3v) is 20.8. The van der Waals surface area contributed by atoms with E-state index >= 15 is 0 Å². The van der Waals surface area contributed by atoms with E-state index in [4.69, 9.17) is 56.3 Å². The second-order valence-electron chi connectivity index (χ2n) is 25.6. The summed E-state index contributed by atoms with van der Waals surface area (Å²) in [6.45, 7) is 15.1. The lowest BCUT2D eigenvalue weighted by atomic mass is 9.41. The predicted molar refractivity (Wildman–Crippen MR) is 277 cm³/mol. The number of rotatable bonds is 18. The highest BCUT2D eigenvalue weighted by molar-refractivity contribution is 7.80. The summed E-state index contributed by atoms with van der Waals surface area (Å²) in [5.41, 5.74) is -1.28. The van der Waals surface area contributed by atoms with E-state index in [2.05, 4.69) is 40.3 Å². The third kappa shape index (κ3) is 11.2. The molecule has 27 heteroatoms. The first-order valence-corrected chi connectivity index (χ1v) is 29.9. The molecule has 10 N–H and O–H groups in total. The summed E-state index contributed by atoms with van der Waals surface area (Å²) in [6, 6.07) is 0. The molecular formula is C55H86O26S. The van der Waals surface area contributed by atoms with Gasteiger partial charge in [0.15, 0.2) is 25.2 Å². The van der Waals surface area contributed by atoms with E-state index in [-0.39, 0.29) is 29.1 Å². The SMILES string of the molecule is C=C(C)CCC[C@]1(C)OC(=O)[C@]23CC[C@@H]4C(=CCC5C(C)(C)C(O[C@@H]6OC[C@@H](OS(=O)(=O)O)[C@H](O)[C@H]6O[C@@H]6O[C@H](CO)[C@@H](O[C@@H]7OC[C@@H](O)[C@H](O[C@@H]8O[C@H](CO)[C@@H](O)[C@H](OC)[C@H]8O)[C@H]7O)[C@H](O)[C@H]6O)CC[C@@]54C)[C@]2(C)C[C@H](OC(C)=O)[C@@H]31. The molecule has 3 saturated carbocycles. The number of carbonyl (C=O) groups excluding carboxylic acids is 2. The van der Waals surface area contributed by atoms with E-state index in [0.29, 0.717) is 44.9 Å². The van der Waals surface area contributed by atoms with Crippen molar-refractivity contribution >= 4 is 22.3 Å². The lowest BCUT2D eigenvalue weighted by Gasteiger charge is -2.64. The second kappa shape index (κ2) is 23.9. The van der Waals surface area contributed by atoms with Crippen molar-refractivity contribution in [2.45, 2.75) is 235 Å².